The SMILES string of the molecule is CNC1C(O)CC(OC2C/C=C(\C)C/C(C)=C/C=C/CCC(C)CNC(=O)/C=C/C=C/C2C)OC1C. The van der Waals surface area contributed by atoms with E-state index in [1.165, 1.54) is 11.1 Å². The average molecular weight is 501 g/mol. The maximum absolute atomic E-state index is 12.2. The molecule has 0 radical (unpaired) electrons. The molecular weight excluding hydrogens is 452 g/mol. The van der Waals surface area contributed by atoms with Crippen molar-refractivity contribution in [3.05, 3.63) is 59.8 Å². The number of ether oxygens (including phenoxy) is 2. The van der Waals surface area contributed by atoms with Crippen LogP contribution in [0.3, 0.4) is 0 Å². The summed E-state index contributed by atoms with van der Waals surface area (Å²) in [6.45, 7) is 11.2. The van der Waals surface area contributed by atoms with Crippen LogP contribution in [-0.2, 0) is 14.3 Å². The summed E-state index contributed by atoms with van der Waals surface area (Å²) in [5.74, 6) is 0.435. The Kier molecular flexibility index (Phi) is 13.4. The molecule has 0 saturated carbocycles. The molecule has 0 aliphatic carbocycles. The molecule has 3 N–H and O–H groups in total. The van der Waals surface area contributed by atoms with Crippen molar-refractivity contribution in [2.75, 3.05) is 13.6 Å². The van der Waals surface area contributed by atoms with Gasteiger partial charge in [-0.1, -0.05) is 67.5 Å². The van der Waals surface area contributed by atoms with E-state index in [4.69, 9.17) is 9.47 Å². The molecule has 202 valence electrons. The molecule has 36 heavy (non-hydrogen) atoms. The molecule has 0 spiro atoms. The molecule has 7 atom stereocenters. The molecule has 0 aromatic heterocycles. The third-order valence-electron chi connectivity index (χ3n) is 6.96. The normalized spacial score (nSPS) is 39.5. The van der Waals surface area contributed by atoms with E-state index >= 15 is 0 Å². The van der Waals surface area contributed by atoms with Crippen LogP contribution in [0.2, 0.25) is 0 Å². The first-order valence-electron chi connectivity index (χ1n) is 13.5. The highest BCUT2D eigenvalue weighted by Gasteiger charge is 2.36. The van der Waals surface area contributed by atoms with Crippen molar-refractivity contribution in [1.29, 1.82) is 0 Å². The number of aliphatic hydroxyl groups is 1. The highest BCUT2D eigenvalue weighted by Crippen LogP contribution is 2.26. The zero-order valence-corrected chi connectivity index (χ0v) is 23.1. The molecular formula is C30H48N2O4. The van der Waals surface area contributed by atoms with Crippen LogP contribution in [0.1, 0.15) is 66.7 Å². The zero-order valence-electron chi connectivity index (χ0n) is 23.1. The van der Waals surface area contributed by atoms with E-state index in [1.54, 1.807) is 12.2 Å². The second-order valence-corrected chi connectivity index (χ2v) is 10.5. The number of amides is 1. The van der Waals surface area contributed by atoms with Gasteiger partial charge in [-0.2, -0.15) is 0 Å². The summed E-state index contributed by atoms with van der Waals surface area (Å²) in [5.41, 5.74) is 2.62. The van der Waals surface area contributed by atoms with Gasteiger partial charge in [0.15, 0.2) is 6.29 Å². The Morgan fingerprint density at radius 3 is 2.64 bits per heavy atom. The van der Waals surface area contributed by atoms with Crippen LogP contribution in [0.4, 0.5) is 0 Å². The molecule has 0 bridgehead atoms. The zero-order chi connectivity index (χ0) is 26.5. The number of hydrogen-bond acceptors (Lipinski definition) is 5. The van der Waals surface area contributed by atoms with Gasteiger partial charge in [-0.15, -0.1) is 0 Å². The lowest BCUT2D eigenvalue weighted by Crippen LogP contribution is -2.54. The number of nitrogens with one attached hydrogen (secondary N) is 2. The van der Waals surface area contributed by atoms with E-state index in [0.717, 1.165) is 25.7 Å². The van der Waals surface area contributed by atoms with Gasteiger partial charge < -0.3 is 25.2 Å². The lowest BCUT2D eigenvalue weighted by molar-refractivity contribution is -0.241. The molecule has 0 aromatic rings. The smallest absolute Gasteiger partial charge is 0.243 e. The van der Waals surface area contributed by atoms with Crippen LogP contribution >= 0.6 is 0 Å². The summed E-state index contributed by atoms with van der Waals surface area (Å²) in [7, 11) is 1.84. The second kappa shape index (κ2) is 16.0. The van der Waals surface area contributed by atoms with Crippen LogP contribution in [0.15, 0.2) is 59.8 Å². The Labute approximate surface area is 218 Å². The minimum atomic E-state index is -0.524. The number of rotatable bonds is 3. The highest BCUT2D eigenvalue weighted by molar-refractivity contribution is 5.87. The first kappa shape index (κ1) is 30.2. The molecule has 2 aliphatic heterocycles. The van der Waals surface area contributed by atoms with Gasteiger partial charge in [0, 0.05) is 25.0 Å². The molecule has 2 aliphatic rings. The number of likely N-dealkylation sites (N-methyl/N-ethyl adjacent to an activating group) is 1. The first-order valence-corrected chi connectivity index (χ1v) is 13.5. The van der Waals surface area contributed by atoms with Crippen molar-refractivity contribution in [3.8, 4) is 0 Å². The summed E-state index contributed by atoms with van der Waals surface area (Å²) in [5, 5.41) is 16.7. The molecule has 1 fully saturated rings. The molecule has 6 nitrogen and oxygen atoms in total. The van der Waals surface area contributed by atoms with E-state index in [1.807, 2.05) is 20.0 Å². The first-order chi connectivity index (χ1) is 17.2. The Balaban J connectivity index is 2.18. The van der Waals surface area contributed by atoms with Crippen LogP contribution in [0.5, 0.6) is 0 Å². The molecule has 1 amide bonds. The van der Waals surface area contributed by atoms with E-state index in [-0.39, 0.29) is 30.1 Å². The van der Waals surface area contributed by atoms with Crippen LogP contribution in [0.25, 0.3) is 0 Å². The van der Waals surface area contributed by atoms with E-state index in [2.05, 4.69) is 68.7 Å². The largest absolute Gasteiger partial charge is 0.391 e. The molecule has 0 aromatic carbocycles. The summed E-state index contributed by atoms with van der Waals surface area (Å²) < 4.78 is 12.5. The van der Waals surface area contributed by atoms with Gasteiger partial charge in [-0.3, -0.25) is 4.79 Å². The second-order valence-electron chi connectivity index (χ2n) is 10.5. The Hall–Kier alpha value is -1.99. The van der Waals surface area contributed by atoms with Gasteiger partial charge in [0.25, 0.3) is 0 Å². The van der Waals surface area contributed by atoms with Gasteiger partial charge >= 0.3 is 0 Å². The fraction of sp³-hybridized carbons (Fsp3) is 0.633. The van der Waals surface area contributed by atoms with Crippen molar-refractivity contribution >= 4 is 5.91 Å². The number of allylic oxidation sites excluding steroid dienone is 7. The van der Waals surface area contributed by atoms with Crippen molar-refractivity contribution in [1.82, 2.24) is 10.6 Å². The lowest BCUT2D eigenvalue weighted by Gasteiger charge is -2.39. The Morgan fingerprint density at radius 2 is 1.92 bits per heavy atom. The lowest BCUT2D eigenvalue weighted by atomic mass is 9.97. The predicted molar refractivity (Wildman–Crippen MR) is 147 cm³/mol. The molecule has 2 heterocycles. The summed E-state index contributed by atoms with van der Waals surface area (Å²) in [6.07, 6.45) is 19.0. The third-order valence-corrected chi connectivity index (χ3v) is 6.96. The average Bonchev–Trinajstić information content (AvgIpc) is 2.82. The monoisotopic (exact) mass is 500 g/mol. The van der Waals surface area contributed by atoms with E-state index in [0.29, 0.717) is 18.9 Å². The standard InChI is InChI=1S/C30H48N2O4/c1-21-12-8-7-9-13-23(3)20-32-28(34)15-11-10-14-24(4)27(17-16-22(2)18-21)36-29-19-26(33)30(31-6)25(5)35-29/h7-8,10-12,14-16,23-27,29-31,33H,9,13,17-20H2,1-6H3,(H,32,34)/b8-7+,14-10+,15-11+,21-12+,22-16+. The van der Waals surface area contributed by atoms with Crippen molar-refractivity contribution in [2.24, 2.45) is 11.8 Å². The number of carbonyl (C=O) groups is 1. The van der Waals surface area contributed by atoms with Crippen molar-refractivity contribution < 1.29 is 19.4 Å². The number of aliphatic hydroxyl groups excluding tert-OH is 1. The van der Waals surface area contributed by atoms with Crippen LogP contribution in [0, 0.1) is 11.8 Å². The van der Waals surface area contributed by atoms with E-state index in [9.17, 15) is 9.90 Å². The molecule has 2 rings (SSSR count). The van der Waals surface area contributed by atoms with Gasteiger partial charge in [-0.05, 0) is 59.4 Å². The van der Waals surface area contributed by atoms with Crippen LogP contribution < -0.4 is 10.6 Å². The minimum absolute atomic E-state index is 0.0771. The third kappa shape index (κ3) is 11.0. The fourth-order valence-electron chi connectivity index (χ4n) is 4.68. The molecule has 7 unspecified atom stereocenters. The summed E-state index contributed by atoms with van der Waals surface area (Å²) in [6, 6.07) is -0.105. The van der Waals surface area contributed by atoms with Crippen molar-refractivity contribution in [3.63, 3.8) is 0 Å². The Bertz CT molecular complexity index is 817. The van der Waals surface area contributed by atoms with Gasteiger partial charge in [-0.25, -0.2) is 0 Å². The maximum Gasteiger partial charge on any atom is 0.243 e. The van der Waals surface area contributed by atoms with Crippen molar-refractivity contribution in [2.45, 2.75) is 97.4 Å². The van der Waals surface area contributed by atoms with Gasteiger partial charge in [0.05, 0.1) is 24.4 Å². The fourth-order valence-corrected chi connectivity index (χ4v) is 4.68. The van der Waals surface area contributed by atoms with Crippen LogP contribution in [-0.4, -0.2) is 55.2 Å². The molecule has 1 saturated heterocycles. The predicted octanol–water partition coefficient (Wildman–Crippen LogP) is 4.98. The van der Waals surface area contributed by atoms with Gasteiger partial charge in [0.2, 0.25) is 5.91 Å². The quantitative estimate of drug-likeness (QED) is 0.477. The minimum Gasteiger partial charge on any atom is -0.391 e. The Morgan fingerprint density at radius 1 is 1.14 bits per heavy atom. The summed E-state index contributed by atoms with van der Waals surface area (Å²) in [4.78, 5) is 12.2. The number of hydrogen-bond donors (Lipinski definition) is 3. The highest BCUT2D eigenvalue weighted by atomic mass is 16.7. The summed E-state index contributed by atoms with van der Waals surface area (Å²) >= 11 is 0. The maximum atomic E-state index is 12.2. The topological polar surface area (TPSA) is 79.8 Å². The molecule has 6 heteroatoms. The van der Waals surface area contributed by atoms with E-state index < -0.39 is 12.4 Å². The van der Waals surface area contributed by atoms with Gasteiger partial charge in [0.1, 0.15) is 0 Å². The number of carbonyl (C=O) groups excluding carboxylic acids is 1.